The molecular weight excluding hydrogens is 400 g/mol. The van der Waals surface area contributed by atoms with Crippen LogP contribution in [0.15, 0.2) is 45.7 Å². The second-order valence-corrected chi connectivity index (χ2v) is 10.8. The van der Waals surface area contributed by atoms with Crippen LogP contribution in [-0.2, 0) is 16.6 Å². The van der Waals surface area contributed by atoms with Gasteiger partial charge in [-0.05, 0) is 69.4 Å². The van der Waals surface area contributed by atoms with Crippen molar-refractivity contribution in [2.75, 3.05) is 13.1 Å². The molecule has 1 saturated heterocycles. The van der Waals surface area contributed by atoms with Crippen LogP contribution in [0.1, 0.15) is 56.0 Å². The molecule has 0 aliphatic carbocycles. The lowest BCUT2D eigenvalue weighted by atomic mass is 9.94. The van der Waals surface area contributed by atoms with E-state index in [-0.39, 0.29) is 16.8 Å². The van der Waals surface area contributed by atoms with Gasteiger partial charge in [-0.25, -0.2) is 8.42 Å². The van der Waals surface area contributed by atoms with E-state index in [0.717, 1.165) is 12.2 Å². The van der Waals surface area contributed by atoms with E-state index in [2.05, 4.69) is 13.8 Å². The number of nitrogens with zero attached hydrogens (tertiary/aromatic N) is 2. The van der Waals surface area contributed by atoms with Crippen LogP contribution in [0.2, 0.25) is 0 Å². The third kappa shape index (κ3) is 4.95. The van der Waals surface area contributed by atoms with Gasteiger partial charge in [0.15, 0.2) is 0 Å². The van der Waals surface area contributed by atoms with Crippen LogP contribution >= 0.6 is 0 Å². The standard InChI is InChI=1S/C23H32N2O4S/c1-16(2)25(15-21-10-9-19(5)29-21)23(26)20-7-6-8-22(12-20)30(27,28)24-13-17(3)11-18(4)14-24/h6-10,12,16-18H,11,13-15H2,1-5H3. The molecule has 0 N–H and O–H groups in total. The van der Waals surface area contributed by atoms with Crippen molar-refractivity contribution in [3.8, 4) is 0 Å². The van der Waals surface area contributed by atoms with Gasteiger partial charge in [0.2, 0.25) is 10.0 Å². The van der Waals surface area contributed by atoms with Gasteiger partial charge in [-0.1, -0.05) is 19.9 Å². The molecule has 1 aliphatic heterocycles. The second-order valence-electron chi connectivity index (χ2n) is 8.84. The molecule has 1 fully saturated rings. The highest BCUT2D eigenvalue weighted by Gasteiger charge is 2.32. The Morgan fingerprint density at radius 2 is 1.83 bits per heavy atom. The zero-order valence-electron chi connectivity index (χ0n) is 18.5. The van der Waals surface area contributed by atoms with Crippen molar-refractivity contribution in [3.05, 3.63) is 53.5 Å². The van der Waals surface area contributed by atoms with Gasteiger partial charge in [0, 0.05) is 24.7 Å². The van der Waals surface area contributed by atoms with Gasteiger partial charge in [-0.15, -0.1) is 0 Å². The summed E-state index contributed by atoms with van der Waals surface area (Å²) in [7, 11) is -3.64. The minimum absolute atomic E-state index is 0.0630. The molecule has 30 heavy (non-hydrogen) atoms. The van der Waals surface area contributed by atoms with Crippen LogP contribution in [0.5, 0.6) is 0 Å². The number of carbonyl (C=O) groups excluding carboxylic acids is 1. The smallest absolute Gasteiger partial charge is 0.254 e. The number of benzene rings is 1. The molecule has 0 radical (unpaired) electrons. The molecule has 2 aromatic rings. The van der Waals surface area contributed by atoms with Crippen molar-refractivity contribution < 1.29 is 17.6 Å². The number of aryl methyl sites for hydroxylation is 1. The van der Waals surface area contributed by atoms with Crippen molar-refractivity contribution >= 4 is 15.9 Å². The van der Waals surface area contributed by atoms with E-state index in [0.29, 0.717) is 42.8 Å². The highest BCUT2D eigenvalue weighted by atomic mass is 32.2. The van der Waals surface area contributed by atoms with Crippen LogP contribution in [0.3, 0.4) is 0 Å². The van der Waals surface area contributed by atoms with Gasteiger partial charge in [0.25, 0.3) is 5.91 Å². The van der Waals surface area contributed by atoms with Crippen LogP contribution < -0.4 is 0 Å². The molecule has 1 aromatic carbocycles. The summed E-state index contributed by atoms with van der Waals surface area (Å²) < 4.78 is 33.7. The van der Waals surface area contributed by atoms with Crippen molar-refractivity contribution in [1.29, 1.82) is 0 Å². The Bertz CT molecular complexity index is 986. The lowest BCUT2D eigenvalue weighted by Gasteiger charge is -2.34. The van der Waals surface area contributed by atoms with E-state index in [4.69, 9.17) is 4.42 Å². The van der Waals surface area contributed by atoms with E-state index in [1.54, 1.807) is 27.4 Å². The van der Waals surface area contributed by atoms with E-state index in [1.165, 1.54) is 6.07 Å². The van der Waals surface area contributed by atoms with Crippen LogP contribution in [0, 0.1) is 18.8 Å². The molecule has 1 aromatic heterocycles. The monoisotopic (exact) mass is 432 g/mol. The topological polar surface area (TPSA) is 70.8 Å². The summed E-state index contributed by atoms with van der Waals surface area (Å²) >= 11 is 0. The first-order valence-corrected chi connectivity index (χ1v) is 12.0. The molecule has 0 spiro atoms. The number of furan rings is 1. The third-order valence-electron chi connectivity index (χ3n) is 5.56. The van der Waals surface area contributed by atoms with Crippen LogP contribution in [0.4, 0.5) is 0 Å². The van der Waals surface area contributed by atoms with Gasteiger partial charge in [0.1, 0.15) is 11.5 Å². The number of rotatable bonds is 6. The van der Waals surface area contributed by atoms with Crippen molar-refractivity contribution in [1.82, 2.24) is 9.21 Å². The molecular formula is C23H32N2O4S. The minimum atomic E-state index is -3.64. The summed E-state index contributed by atoms with van der Waals surface area (Å²) in [6.07, 6.45) is 1.03. The second kappa shape index (κ2) is 8.94. The van der Waals surface area contributed by atoms with Crippen molar-refractivity contribution in [2.24, 2.45) is 11.8 Å². The normalized spacial score (nSPS) is 20.5. The highest BCUT2D eigenvalue weighted by Crippen LogP contribution is 2.27. The largest absolute Gasteiger partial charge is 0.464 e. The Kier molecular flexibility index (Phi) is 6.72. The molecule has 2 heterocycles. The fourth-order valence-electron chi connectivity index (χ4n) is 4.13. The molecule has 164 valence electrons. The van der Waals surface area contributed by atoms with E-state index >= 15 is 0 Å². The van der Waals surface area contributed by atoms with Crippen LogP contribution in [0.25, 0.3) is 0 Å². The summed E-state index contributed by atoms with van der Waals surface area (Å²) in [5, 5.41) is 0. The Balaban J connectivity index is 1.86. The molecule has 6 nitrogen and oxygen atoms in total. The van der Waals surface area contributed by atoms with E-state index in [1.807, 2.05) is 32.9 Å². The fraction of sp³-hybridized carbons (Fsp3) is 0.522. The average Bonchev–Trinajstić information content (AvgIpc) is 3.09. The van der Waals surface area contributed by atoms with Crippen LogP contribution in [-0.4, -0.2) is 42.7 Å². The maximum Gasteiger partial charge on any atom is 0.254 e. The SMILES string of the molecule is Cc1ccc(CN(C(=O)c2cccc(S(=O)(=O)N3CC(C)CC(C)C3)c2)C(C)C)o1. The number of hydrogen-bond acceptors (Lipinski definition) is 4. The molecule has 2 unspecified atom stereocenters. The molecule has 3 rings (SSSR count). The maximum absolute atomic E-state index is 13.2. The first kappa shape index (κ1) is 22.6. The van der Waals surface area contributed by atoms with Crippen molar-refractivity contribution in [3.63, 3.8) is 0 Å². The predicted octanol–water partition coefficient (Wildman–Crippen LogP) is 4.31. The zero-order chi connectivity index (χ0) is 22.1. The first-order valence-electron chi connectivity index (χ1n) is 10.5. The molecule has 0 saturated carbocycles. The minimum Gasteiger partial charge on any atom is -0.464 e. The third-order valence-corrected chi connectivity index (χ3v) is 7.39. The number of sulfonamides is 1. The molecule has 1 aliphatic rings. The fourth-order valence-corrected chi connectivity index (χ4v) is 5.86. The number of hydrogen-bond donors (Lipinski definition) is 0. The van der Waals surface area contributed by atoms with E-state index < -0.39 is 10.0 Å². The molecule has 7 heteroatoms. The Hall–Kier alpha value is -2.12. The van der Waals surface area contributed by atoms with Gasteiger partial charge >= 0.3 is 0 Å². The summed E-state index contributed by atoms with van der Waals surface area (Å²) in [4.78, 5) is 15.1. The summed E-state index contributed by atoms with van der Waals surface area (Å²) in [5.74, 6) is 1.92. The first-order chi connectivity index (χ1) is 14.1. The summed E-state index contributed by atoms with van der Waals surface area (Å²) in [5.41, 5.74) is 0.367. The number of piperidine rings is 1. The summed E-state index contributed by atoms with van der Waals surface area (Å²) in [6.45, 7) is 11.3. The average molecular weight is 433 g/mol. The molecule has 0 bridgehead atoms. The van der Waals surface area contributed by atoms with Gasteiger partial charge in [0.05, 0.1) is 11.4 Å². The van der Waals surface area contributed by atoms with E-state index in [9.17, 15) is 13.2 Å². The maximum atomic E-state index is 13.2. The Morgan fingerprint density at radius 1 is 1.17 bits per heavy atom. The Morgan fingerprint density at radius 3 is 2.40 bits per heavy atom. The molecule has 1 amide bonds. The van der Waals surface area contributed by atoms with Crippen molar-refractivity contribution in [2.45, 2.75) is 58.5 Å². The summed E-state index contributed by atoms with van der Waals surface area (Å²) in [6, 6.07) is 10.1. The quantitative estimate of drug-likeness (QED) is 0.682. The Labute approximate surface area is 179 Å². The highest BCUT2D eigenvalue weighted by molar-refractivity contribution is 7.89. The zero-order valence-corrected chi connectivity index (χ0v) is 19.3. The van der Waals surface area contributed by atoms with Gasteiger partial charge in [-0.3, -0.25) is 4.79 Å². The number of carbonyl (C=O) groups is 1. The lowest BCUT2D eigenvalue weighted by molar-refractivity contribution is 0.0675. The number of amides is 1. The molecule has 2 atom stereocenters. The van der Waals surface area contributed by atoms with Gasteiger partial charge in [-0.2, -0.15) is 4.31 Å². The lowest BCUT2D eigenvalue weighted by Crippen LogP contribution is -2.42. The predicted molar refractivity (Wildman–Crippen MR) is 117 cm³/mol. The van der Waals surface area contributed by atoms with Gasteiger partial charge < -0.3 is 9.32 Å².